The topological polar surface area (TPSA) is 75.7 Å². The lowest BCUT2D eigenvalue weighted by molar-refractivity contribution is 0.0857. The largest absolute Gasteiger partial charge is 0.376 e. The Labute approximate surface area is 149 Å². The van der Waals surface area contributed by atoms with Gasteiger partial charge in [-0.05, 0) is 50.3 Å². The molecule has 2 heterocycles. The molecule has 2 saturated heterocycles. The minimum Gasteiger partial charge on any atom is -0.376 e. The first-order valence-electron chi connectivity index (χ1n) is 8.99. The molecule has 0 saturated carbocycles. The van der Waals surface area contributed by atoms with E-state index in [1.165, 1.54) is 10.4 Å². The number of aryl methyl sites for hydroxylation is 1. The Bertz CT molecular complexity index is 721. The highest BCUT2D eigenvalue weighted by atomic mass is 32.2. The molecule has 1 aromatic carbocycles. The molecule has 25 heavy (non-hydrogen) atoms. The van der Waals surface area contributed by atoms with Gasteiger partial charge in [0.25, 0.3) is 5.91 Å². The second kappa shape index (κ2) is 7.85. The van der Waals surface area contributed by atoms with Crippen LogP contribution in [0.3, 0.4) is 0 Å². The number of sulfonamides is 1. The van der Waals surface area contributed by atoms with Crippen LogP contribution in [0.1, 0.15) is 48.0 Å². The molecule has 0 aromatic heterocycles. The number of hydrogen-bond donors (Lipinski definition) is 1. The standard InChI is InChI=1S/C18H26N2O4S/c1-14-7-8-16(25(22,23)20-9-3-2-4-10-20)12-17(14)18(21)19-13-15-6-5-11-24-15/h7-8,12,15H,2-6,9-11,13H2,1H3,(H,19,21)/t15-/m0/s1. The molecule has 1 N–H and O–H groups in total. The average Bonchev–Trinajstić information content (AvgIpc) is 3.14. The number of nitrogens with zero attached hydrogens (tertiary/aromatic N) is 1. The normalized spacial score (nSPS) is 22.0. The van der Waals surface area contributed by atoms with Crippen molar-refractivity contribution in [1.82, 2.24) is 9.62 Å². The fourth-order valence-electron chi connectivity index (χ4n) is 3.37. The molecule has 1 atom stereocenters. The summed E-state index contributed by atoms with van der Waals surface area (Å²) in [5, 5.41) is 2.87. The van der Waals surface area contributed by atoms with Crippen molar-refractivity contribution in [2.24, 2.45) is 0 Å². The highest BCUT2D eigenvalue weighted by Gasteiger charge is 2.27. The van der Waals surface area contributed by atoms with Crippen LogP contribution in [0.5, 0.6) is 0 Å². The van der Waals surface area contributed by atoms with Gasteiger partial charge in [0, 0.05) is 31.8 Å². The van der Waals surface area contributed by atoms with Gasteiger partial charge in [0.15, 0.2) is 0 Å². The SMILES string of the molecule is Cc1ccc(S(=O)(=O)N2CCCCC2)cc1C(=O)NC[C@@H]1CCCO1. The predicted molar refractivity (Wildman–Crippen MR) is 95.1 cm³/mol. The molecule has 2 aliphatic rings. The van der Waals surface area contributed by atoms with E-state index in [-0.39, 0.29) is 16.9 Å². The fraction of sp³-hybridized carbons (Fsp3) is 0.611. The Hall–Kier alpha value is -1.44. The molecule has 0 unspecified atom stereocenters. The van der Waals surface area contributed by atoms with Gasteiger partial charge in [0.1, 0.15) is 0 Å². The van der Waals surface area contributed by atoms with Gasteiger partial charge in [-0.2, -0.15) is 4.31 Å². The van der Waals surface area contributed by atoms with Crippen molar-refractivity contribution < 1.29 is 17.9 Å². The third-order valence-electron chi connectivity index (χ3n) is 4.92. The lowest BCUT2D eigenvalue weighted by atomic mass is 10.1. The van der Waals surface area contributed by atoms with Crippen molar-refractivity contribution in [3.63, 3.8) is 0 Å². The summed E-state index contributed by atoms with van der Waals surface area (Å²) in [5.74, 6) is -0.247. The van der Waals surface area contributed by atoms with Crippen LogP contribution in [0.25, 0.3) is 0 Å². The second-order valence-corrected chi connectivity index (χ2v) is 8.72. The Morgan fingerprint density at radius 2 is 2.00 bits per heavy atom. The first-order valence-corrected chi connectivity index (χ1v) is 10.4. The molecule has 1 amide bonds. The van der Waals surface area contributed by atoms with Crippen LogP contribution >= 0.6 is 0 Å². The maximum atomic E-state index is 12.8. The summed E-state index contributed by atoms with van der Waals surface area (Å²) in [6, 6.07) is 4.80. The van der Waals surface area contributed by atoms with Gasteiger partial charge >= 0.3 is 0 Å². The molecular weight excluding hydrogens is 340 g/mol. The van der Waals surface area contributed by atoms with Crippen molar-refractivity contribution in [3.05, 3.63) is 29.3 Å². The van der Waals surface area contributed by atoms with Gasteiger partial charge in [0.05, 0.1) is 11.0 Å². The first-order chi connectivity index (χ1) is 12.0. The second-order valence-electron chi connectivity index (χ2n) is 6.79. The molecule has 7 heteroatoms. The van der Waals surface area contributed by atoms with Crippen molar-refractivity contribution in [2.45, 2.75) is 50.0 Å². The number of rotatable bonds is 5. The van der Waals surface area contributed by atoms with Gasteiger partial charge in [0.2, 0.25) is 10.0 Å². The van der Waals surface area contributed by atoms with Gasteiger partial charge in [-0.15, -0.1) is 0 Å². The summed E-state index contributed by atoms with van der Waals surface area (Å²) < 4.78 is 32.7. The van der Waals surface area contributed by atoms with Gasteiger partial charge in [-0.1, -0.05) is 12.5 Å². The number of benzene rings is 1. The Morgan fingerprint density at radius 3 is 2.68 bits per heavy atom. The van der Waals surface area contributed by atoms with Gasteiger partial charge in [-0.25, -0.2) is 8.42 Å². The summed E-state index contributed by atoms with van der Waals surface area (Å²) in [5.41, 5.74) is 1.18. The monoisotopic (exact) mass is 366 g/mol. The maximum absolute atomic E-state index is 12.8. The number of amides is 1. The minimum atomic E-state index is -3.54. The number of nitrogens with one attached hydrogen (secondary N) is 1. The smallest absolute Gasteiger partial charge is 0.251 e. The van der Waals surface area contributed by atoms with Crippen LogP contribution in [-0.4, -0.2) is 51.0 Å². The van der Waals surface area contributed by atoms with E-state index in [0.29, 0.717) is 25.2 Å². The van der Waals surface area contributed by atoms with Crippen LogP contribution in [0.2, 0.25) is 0 Å². The Kier molecular flexibility index (Phi) is 5.76. The average molecular weight is 366 g/mol. The predicted octanol–water partition coefficient (Wildman–Crippen LogP) is 2.08. The molecule has 0 radical (unpaired) electrons. The zero-order valence-corrected chi connectivity index (χ0v) is 15.5. The van der Waals surface area contributed by atoms with Crippen LogP contribution < -0.4 is 5.32 Å². The molecule has 1 aromatic rings. The maximum Gasteiger partial charge on any atom is 0.251 e. The molecule has 2 fully saturated rings. The van der Waals surface area contributed by atoms with E-state index in [1.807, 2.05) is 6.92 Å². The Balaban J connectivity index is 1.76. The molecule has 0 spiro atoms. The molecule has 0 bridgehead atoms. The quantitative estimate of drug-likeness (QED) is 0.866. The zero-order valence-electron chi connectivity index (χ0n) is 14.7. The molecule has 2 aliphatic heterocycles. The number of piperidine rings is 1. The summed E-state index contributed by atoms with van der Waals surface area (Å²) in [4.78, 5) is 12.7. The highest BCUT2D eigenvalue weighted by molar-refractivity contribution is 7.89. The number of carbonyl (C=O) groups excluding carboxylic acids is 1. The summed E-state index contributed by atoms with van der Waals surface area (Å²) in [7, 11) is -3.54. The van der Waals surface area contributed by atoms with E-state index in [2.05, 4.69) is 5.32 Å². The van der Waals surface area contributed by atoms with Crippen molar-refractivity contribution in [2.75, 3.05) is 26.2 Å². The molecule has 138 valence electrons. The fourth-order valence-corrected chi connectivity index (χ4v) is 4.91. The zero-order chi connectivity index (χ0) is 17.9. The third-order valence-corrected chi connectivity index (χ3v) is 6.82. The number of hydrogen-bond acceptors (Lipinski definition) is 4. The summed E-state index contributed by atoms with van der Waals surface area (Å²) in [6.45, 7) is 4.12. The van der Waals surface area contributed by atoms with Crippen LogP contribution in [0, 0.1) is 6.92 Å². The van der Waals surface area contributed by atoms with E-state index >= 15 is 0 Å². The highest BCUT2D eigenvalue weighted by Crippen LogP contribution is 2.23. The van der Waals surface area contributed by atoms with E-state index in [0.717, 1.165) is 44.3 Å². The summed E-state index contributed by atoms with van der Waals surface area (Å²) in [6.07, 6.45) is 4.87. The molecule has 6 nitrogen and oxygen atoms in total. The van der Waals surface area contributed by atoms with Crippen LogP contribution in [0.15, 0.2) is 23.1 Å². The van der Waals surface area contributed by atoms with Crippen molar-refractivity contribution >= 4 is 15.9 Å². The third kappa shape index (κ3) is 4.22. The summed E-state index contributed by atoms with van der Waals surface area (Å²) >= 11 is 0. The lowest BCUT2D eigenvalue weighted by Crippen LogP contribution is -2.36. The molecular formula is C18H26N2O4S. The number of ether oxygens (including phenoxy) is 1. The van der Waals surface area contributed by atoms with E-state index in [9.17, 15) is 13.2 Å². The van der Waals surface area contributed by atoms with Gasteiger partial charge in [-0.3, -0.25) is 4.79 Å². The van der Waals surface area contributed by atoms with Crippen LogP contribution in [-0.2, 0) is 14.8 Å². The molecule has 0 aliphatic carbocycles. The first kappa shape index (κ1) is 18.4. The Morgan fingerprint density at radius 1 is 1.24 bits per heavy atom. The van der Waals surface area contributed by atoms with Crippen molar-refractivity contribution in [3.8, 4) is 0 Å². The molecule has 3 rings (SSSR count). The van der Waals surface area contributed by atoms with E-state index < -0.39 is 10.0 Å². The van der Waals surface area contributed by atoms with Crippen LogP contribution in [0.4, 0.5) is 0 Å². The lowest BCUT2D eigenvalue weighted by Gasteiger charge is -2.26. The number of carbonyl (C=O) groups is 1. The van der Waals surface area contributed by atoms with Crippen molar-refractivity contribution in [1.29, 1.82) is 0 Å². The van der Waals surface area contributed by atoms with Gasteiger partial charge < -0.3 is 10.1 Å². The minimum absolute atomic E-state index is 0.0597. The van der Waals surface area contributed by atoms with E-state index in [1.54, 1.807) is 12.1 Å². The van der Waals surface area contributed by atoms with E-state index in [4.69, 9.17) is 4.74 Å².